The van der Waals surface area contributed by atoms with Crippen LogP contribution >= 0.6 is 0 Å². The Bertz CT molecular complexity index is 358. The largest absolute Gasteiger partial charge is 0.323 e. The molecule has 3 heteroatoms. The first kappa shape index (κ1) is 11.5. The molecule has 0 aliphatic carbocycles. The van der Waals surface area contributed by atoms with Gasteiger partial charge in [-0.15, -0.1) is 0 Å². The van der Waals surface area contributed by atoms with Gasteiger partial charge in [0.15, 0.2) is 0 Å². The molecular weight excluding hydrogens is 188 g/mol. The average Bonchev–Trinajstić information content (AvgIpc) is 2.18. The topological polar surface area (TPSA) is 41.1 Å². The summed E-state index contributed by atoms with van der Waals surface area (Å²) >= 11 is 0. The van der Waals surface area contributed by atoms with Gasteiger partial charge in [-0.05, 0) is 31.7 Å². The SMILES string of the molecule is CNC/C=C/C(=O)Nc1cccc(C)c1. The van der Waals surface area contributed by atoms with Gasteiger partial charge in [0.05, 0.1) is 0 Å². The summed E-state index contributed by atoms with van der Waals surface area (Å²) in [6, 6.07) is 7.72. The first-order valence-electron chi connectivity index (χ1n) is 4.91. The number of likely N-dealkylation sites (N-methyl/N-ethyl adjacent to an activating group) is 1. The minimum Gasteiger partial charge on any atom is -0.323 e. The van der Waals surface area contributed by atoms with E-state index < -0.39 is 0 Å². The molecule has 1 rings (SSSR count). The first-order chi connectivity index (χ1) is 7.22. The molecular formula is C12H16N2O. The molecule has 1 aromatic rings. The summed E-state index contributed by atoms with van der Waals surface area (Å²) in [4.78, 5) is 11.4. The third kappa shape index (κ3) is 4.42. The van der Waals surface area contributed by atoms with E-state index in [1.54, 1.807) is 6.08 Å². The Kier molecular flexibility index (Phi) is 4.57. The molecule has 0 aliphatic rings. The molecule has 0 saturated carbocycles. The molecule has 15 heavy (non-hydrogen) atoms. The number of carbonyl (C=O) groups is 1. The Hall–Kier alpha value is -1.61. The van der Waals surface area contributed by atoms with Crippen molar-refractivity contribution in [2.24, 2.45) is 0 Å². The first-order valence-corrected chi connectivity index (χ1v) is 4.91. The highest BCUT2D eigenvalue weighted by atomic mass is 16.1. The van der Waals surface area contributed by atoms with Gasteiger partial charge in [0, 0.05) is 18.3 Å². The maximum Gasteiger partial charge on any atom is 0.248 e. The summed E-state index contributed by atoms with van der Waals surface area (Å²) in [6.07, 6.45) is 3.31. The van der Waals surface area contributed by atoms with Gasteiger partial charge < -0.3 is 10.6 Å². The molecule has 1 amide bonds. The van der Waals surface area contributed by atoms with E-state index in [2.05, 4.69) is 10.6 Å². The molecule has 1 aromatic carbocycles. The number of nitrogens with one attached hydrogen (secondary N) is 2. The molecule has 0 fully saturated rings. The zero-order valence-electron chi connectivity index (χ0n) is 9.08. The number of anilines is 1. The predicted molar refractivity (Wildman–Crippen MR) is 62.9 cm³/mol. The average molecular weight is 204 g/mol. The van der Waals surface area contributed by atoms with Crippen LogP contribution in [0.1, 0.15) is 5.56 Å². The van der Waals surface area contributed by atoms with Crippen LogP contribution in [-0.4, -0.2) is 19.5 Å². The summed E-state index contributed by atoms with van der Waals surface area (Å²) in [5.74, 6) is -0.101. The predicted octanol–water partition coefficient (Wildman–Crippen LogP) is 1.71. The lowest BCUT2D eigenvalue weighted by Gasteiger charge is -2.02. The third-order valence-electron chi connectivity index (χ3n) is 1.88. The zero-order chi connectivity index (χ0) is 11.1. The summed E-state index contributed by atoms with van der Waals surface area (Å²) in [6.45, 7) is 2.69. The number of aryl methyl sites for hydroxylation is 1. The van der Waals surface area contributed by atoms with Gasteiger partial charge >= 0.3 is 0 Å². The second-order valence-corrected chi connectivity index (χ2v) is 3.32. The van der Waals surface area contributed by atoms with Crippen molar-refractivity contribution in [2.45, 2.75) is 6.92 Å². The molecule has 0 unspecified atom stereocenters. The monoisotopic (exact) mass is 204 g/mol. The molecule has 0 saturated heterocycles. The molecule has 0 bridgehead atoms. The van der Waals surface area contributed by atoms with Crippen LogP contribution in [0.15, 0.2) is 36.4 Å². The summed E-state index contributed by atoms with van der Waals surface area (Å²) in [7, 11) is 1.84. The molecule has 0 atom stereocenters. The molecule has 0 aliphatic heterocycles. The lowest BCUT2D eigenvalue weighted by atomic mass is 10.2. The van der Waals surface area contributed by atoms with Crippen LogP contribution in [0.5, 0.6) is 0 Å². The maximum atomic E-state index is 11.4. The normalized spacial score (nSPS) is 10.5. The van der Waals surface area contributed by atoms with E-state index in [9.17, 15) is 4.79 Å². The molecule has 0 radical (unpaired) electrons. The van der Waals surface area contributed by atoms with E-state index in [-0.39, 0.29) is 5.91 Å². The van der Waals surface area contributed by atoms with Crippen molar-refractivity contribution >= 4 is 11.6 Å². The number of carbonyl (C=O) groups excluding carboxylic acids is 1. The van der Waals surface area contributed by atoms with Crippen LogP contribution in [0, 0.1) is 6.92 Å². The Morgan fingerprint density at radius 3 is 2.93 bits per heavy atom. The van der Waals surface area contributed by atoms with E-state index in [4.69, 9.17) is 0 Å². The molecule has 2 N–H and O–H groups in total. The fourth-order valence-corrected chi connectivity index (χ4v) is 1.19. The molecule has 0 heterocycles. The third-order valence-corrected chi connectivity index (χ3v) is 1.88. The minimum atomic E-state index is -0.101. The van der Waals surface area contributed by atoms with Crippen molar-refractivity contribution in [1.82, 2.24) is 5.32 Å². The Morgan fingerprint density at radius 2 is 2.27 bits per heavy atom. The lowest BCUT2D eigenvalue weighted by molar-refractivity contribution is -0.111. The quantitative estimate of drug-likeness (QED) is 0.733. The number of benzene rings is 1. The number of amides is 1. The Morgan fingerprint density at radius 1 is 1.47 bits per heavy atom. The molecule has 3 nitrogen and oxygen atoms in total. The van der Waals surface area contributed by atoms with Crippen molar-refractivity contribution in [2.75, 3.05) is 18.9 Å². The van der Waals surface area contributed by atoms with Crippen molar-refractivity contribution in [3.8, 4) is 0 Å². The van der Waals surface area contributed by atoms with Gasteiger partial charge in [-0.25, -0.2) is 0 Å². The standard InChI is InChI=1S/C12H16N2O/c1-10-5-3-6-11(9-10)14-12(15)7-4-8-13-2/h3-7,9,13H,8H2,1-2H3,(H,14,15)/b7-4+. The Balaban J connectivity index is 2.51. The number of rotatable bonds is 4. The van der Waals surface area contributed by atoms with Crippen LogP contribution < -0.4 is 10.6 Å². The van der Waals surface area contributed by atoms with Crippen LogP contribution in [-0.2, 0) is 4.79 Å². The van der Waals surface area contributed by atoms with Gasteiger partial charge in [-0.2, -0.15) is 0 Å². The van der Waals surface area contributed by atoms with Crippen LogP contribution in [0.3, 0.4) is 0 Å². The molecule has 0 spiro atoms. The summed E-state index contributed by atoms with van der Waals surface area (Å²) < 4.78 is 0. The van der Waals surface area contributed by atoms with Crippen molar-refractivity contribution in [3.63, 3.8) is 0 Å². The highest BCUT2D eigenvalue weighted by Gasteiger charge is 1.96. The second-order valence-electron chi connectivity index (χ2n) is 3.32. The number of hydrogen-bond donors (Lipinski definition) is 2. The van der Waals surface area contributed by atoms with Gasteiger partial charge in [-0.1, -0.05) is 18.2 Å². The summed E-state index contributed by atoms with van der Waals surface area (Å²) in [5, 5.41) is 5.72. The highest BCUT2D eigenvalue weighted by molar-refractivity contribution is 5.99. The minimum absolute atomic E-state index is 0.101. The van der Waals surface area contributed by atoms with Crippen LogP contribution in [0.2, 0.25) is 0 Å². The van der Waals surface area contributed by atoms with Crippen LogP contribution in [0.4, 0.5) is 5.69 Å². The van der Waals surface area contributed by atoms with Gasteiger partial charge in [0.25, 0.3) is 0 Å². The smallest absolute Gasteiger partial charge is 0.248 e. The van der Waals surface area contributed by atoms with E-state index in [0.29, 0.717) is 6.54 Å². The molecule has 0 aromatic heterocycles. The van der Waals surface area contributed by atoms with E-state index in [1.165, 1.54) is 6.08 Å². The maximum absolute atomic E-state index is 11.4. The fraction of sp³-hybridized carbons (Fsp3) is 0.250. The van der Waals surface area contributed by atoms with Crippen LogP contribution in [0.25, 0.3) is 0 Å². The van der Waals surface area contributed by atoms with Crippen molar-refractivity contribution < 1.29 is 4.79 Å². The van der Waals surface area contributed by atoms with Gasteiger partial charge in [0.2, 0.25) is 5.91 Å². The van der Waals surface area contributed by atoms with E-state index >= 15 is 0 Å². The zero-order valence-corrected chi connectivity index (χ0v) is 9.08. The lowest BCUT2D eigenvalue weighted by Crippen LogP contribution is -2.10. The second kappa shape index (κ2) is 5.98. The van der Waals surface area contributed by atoms with Gasteiger partial charge in [-0.3, -0.25) is 4.79 Å². The van der Waals surface area contributed by atoms with E-state index in [1.807, 2.05) is 38.2 Å². The van der Waals surface area contributed by atoms with Gasteiger partial charge in [0.1, 0.15) is 0 Å². The highest BCUT2D eigenvalue weighted by Crippen LogP contribution is 2.09. The number of hydrogen-bond acceptors (Lipinski definition) is 2. The fourth-order valence-electron chi connectivity index (χ4n) is 1.19. The van der Waals surface area contributed by atoms with E-state index in [0.717, 1.165) is 11.3 Å². The van der Waals surface area contributed by atoms with Crippen molar-refractivity contribution in [3.05, 3.63) is 42.0 Å². The Labute approximate surface area is 90.2 Å². The molecule has 80 valence electrons. The summed E-state index contributed by atoms with van der Waals surface area (Å²) in [5.41, 5.74) is 1.96. The van der Waals surface area contributed by atoms with Crippen molar-refractivity contribution in [1.29, 1.82) is 0 Å².